The molecular formula is C11H9F2N3. The van der Waals surface area contributed by atoms with Crippen LogP contribution in [0.5, 0.6) is 0 Å². The maximum absolute atomic E-state index is 13.0. The number of hydrogen-bond acceptors (Lipinski definition) is 3. The van der Waals surface area contributed by atoms with E-state index in [4.69, 9.17) is 5.73 Å². The zero-order chi connectivity index (χ0) is 11.7. The van der Waals surface area contributed by atoms with Gasteiger partial charge in [-0.05, 0) is 25.1 Å². The molecule has 0 unspecified atom stereocenters. The molecule has 0 fully saturated rings. The second kappa shape index (κ2) is 3.84. The van der Waals surface area contributed by atoms with Crippen LogP contribution in [-0.2, 0) is 0 Å². The van der Waals surface area contributed by atoms with Gasteiger partial charge in [-0.1, -0.05) is 0 Å². The van der Waals surface area contributed by atoms with Gasteiger partial charge >= 0.3 is 0 Å². The fourth-order valence-corrected chi connectivity index (χ4v) is 1.36. The molecule has 2 N–H and O–H groups in total. The first kappa shape index (κ1) is 10.5. The molecule has 3 nitrogen and oxygen atoms in total. The van der Waals surface area contributed by atoms with Crippen molar-refractivity contribution in [3.8, 4) is 11.3 Å². The molecule has 0 atom stereocenters. The Balaban J connectivity index is 2.59. The van der Waals surface area contributed by atoms with Gasteiger partial charge in [0.2, 0.25) is 0 Å². The van der Waals surface area contributed by atoms with Gasteiger partial charge in [-0.2, -0.15) is 0 Å². The number of aromatic nitrogens is 2. The van der Waals surface area contributed by atoms with Crippen LogP contribution < -0.4 is 5.73 Å². The standard InChI is InChI=1S/C11H9F2N3/c1-6-10(14)11(16-5-15-6)7-2-3-8(12)9(13)4-7/h2-5H,14H2,1H3. The molecule has 0 spiro atoms. The second-order valence-corrected chi connectivity index (χ2v) is 3.35. The highest BCUT2D eigenvalue weighted by atomic mass is 19.2. The predicted molar refractivity (Wildman–Crippen MR) is 56.5 cm³/mol. The van der Waals surface area contributed by atoms with Gasteiger partial charge in [0.25, 0.3) is 0 Å². The van der Waals surface area contributed by atoms with Gasteiger partial charge in [0.05, 0.1) is 17.1 Å². The van der Waals surface area contributed by atoms with Crippen molar-refractivity contribution in [2.24, 2.45) is 0 Å². The van der Waals surface area contributed by atoms with Crippen LogP contribution >= 0.6 is 0 Å². The van der Waals surface area contributed by atoms with E-state index >= 15 is 0 Å². The molecule has 0 bridgehead atoms. The Labute approximate surface area is 91.0 Å². The third-order valence-corrected chi connectivity index (χ3v) is 2.28. The molecule has 0 saturated carbocycles. The number of nitrogens with two attached hydrogens (primary N) is 1. The summed E-state index contributed by atoms with van der Waals surface area (Å²) in [7, 11) is 0. The molecule has 0 saturated heterocycles. The average Bonchev–Trinajstić information content (AvgIpc) is 2.26. The molecule has 82 valence electrons. The Hall–Kier alpha value is -2.04. The average molecular weight is 221 g/mol. The summed E-state index contributed by atoms with van der Waals surface area (Å²) in [5.74, 6) is -1.82. The van der Waals surface area contributed by atoms with Gasteiger partial charge in [0.15, 0.2) is 11.6 Å². The SMILES string of the molecule is Cc1ncnc(-c2ccc(F)c(F)c2)c1N. The number of benzene rings is 1. The largest absolute Gasteiger partial charge is 0.395 e. The zero-order valence-electron chi connectivity index (χ0n) is 8.54. The number of anilines is 1. The van der Waals surface area contributed by atoms with E-state index in [1.54, 1.807) is 6.92 Å². The Morgan fingerprint density at radius 3 is 2.56 bits per heavy atom. The topological polar surface area (TPSA) is 51.8 Å². The van der Waals surface area contributed by atoms with Gasteiger partial charge in [-0.15, -0.1) is 0 Å². The molecule has 1 aromatic carbocycles. The third-order valence-electron chi connectivity index (χ3n) is 2.28. The van der Waals surface area contributed by atoms with Gasteiger partial charge in [-0.3, -0.25) is 0 Å². The van der Waals surface area contributed by atoms with Crippen LogP contribution in [0.2, 0.25) is 0 Å². The molecule has 0 aliphatic rings. The predicted octanol–water partition coefficient (Wildman–Crippen LogP) is 2.31. The molecule has 0 amide bonds. The minimum absolute atomic E-state index is 0.369. The van der Waals surface area contributed by atoms with Crippen molar-refractivity contribution in [3.63, 3.8) is 0 Å². The molecule has 5 heteroatoms. The number of nitrogens with zero attached hydrogens (tertiary/aromatic N) is 2. The normalized spacial score (nSPS) is 10.4. The van der Waals surface area contributed by atoms with Gasteiger partial charge in [0, 0.05) is 5.56 Å². The highest BCUT2D eigenvalue weighted by molar-refractivity contribution is 5.73. The monoisotopic (exact) mass is 221 g/mol. The van der Waals surface area contributed by atoms with E-state index in [0.29, 0.717) is 22.6 Å². The van der Waals surface area contributed by atoms with Gasteiger partial charge < -0.3 is 5.73 Å². The number of halogens is 2. The Bertz CT molecular complexity index is 541. The second-order valence-electron chi connectivity index (χ2n) is 3.35. The van der Waals surface area contributed by atoms with E-state index in [-0.39, 0.29) is 0 Å². The fourth-order valence-electron chi connectivity index (χ4n) is 1.36. The first-order chi connectivity index (χ1) is 7.59. The zero-order valence-corrected chi connectivity index (χ0v) is 8.54. The lowest BCUT2D eigenvalue weighted by Gasteiger charge is -2.06. The van der Waals surface area contributed by atoms with Crippen molar-refractivity contribution in [3.05, 3.63) is 41.9 Å². The Kier molecular flexibility index (Phi) is 2.52. The van der Waals surface area contributed by atoms with Crippen molar-refractivity contribution >= 4 is 5.69 Å². The summed E-state index contributed by atoms with van der Waals surface area (Å²) >= 11 is 0. The van der Waals surface area contributed by atoms with Crippen LogP contribution in [0.4, 0.5) is 14.5 Å². The summed E-state index contributed by atoms with van der Waals surface area (Å²) in [6.45, 7) is 1.72. The molecule has 0 radical (unpaired) electrons. The maximum Gasteiger partial charge on any atom is 0.159 e. The first-order valence-corrected chi connectivity index (χ1v) is 4.62. The van der Waals surface area contributed by atoms with E-state index in [0.717, 1.165) is 12.1 Å². The highest BCUT2D eigenvalue weighted by Crippen LogP contribution is 2.25. The van der Waals surface area contributed by atoms with Crippen LogP contribution in [0, 0.1) is 18.6 Å². The number of nitrogen functional groups attached to an aromatic ring is 1. The van der Waals surface area contributed by atoms with Crippen molar-refractivity contribution < 1.29 is 8.78 Å². The summed E-state index contributed by atoms with van der Waals surface area (Å²) in [5.41, 5.74) is 7.58. The summed E-state index contributed by atoms with van der Waals surface area (Å²) in [5, 5.41) is 0. The lowest BCUT2D eigenvalue weighted by atomic mass is 10.1. The number of hydrogen-bond donors (Lipinski definition) is 1. The lowest BCUT2D eigenvalue weighted by Crippen LogP contribution is -1.99. The van der Waals surface area contributed by atoms with E-state index in [1.807, 2.05) is 0 Å². The van der Waals surface area contributed by atoms with Crippen LogP contribution in [0.1, 0.15) is 5.69 Å². The quantitative estimate of drug-likeness (QED) is 0.803. The fraction of sp³-hybridized carbons (Fsp3) is 0.0909. The summed E-state index contributed by atoms with van der Waals surface area (Å²) < 4.78 is 25.8. The van der Waals surface area contributed by atoms with E-state index in [9.17, 15) is 8.78 Å². The lowest BCUT2D eigenvalue weighted by molar-refractivity contribution is 0.509. The number of aryl methyl sites for hydroxylation is 1. The van der Waals surface area contributed by atoms with Crippen LogP contribution in [-0.4, -0.2) is 9.97 Å². The summed E-state index contributed by atoms with van der Waals surface area (Å²) in [6, 6.07) is 3.53. The van der Waals surface area contributed by atoms with E-state index in [1.165, 1.54) is 12.4 Å². The molecule has 1 heterocycles. The van der Waals surface area contributed by atoms with Crippen molar-refractivity contribution in [2.45, 2.75) is 6.92 Å². The highest BCUT2D eigenvalue weighted by Gasteiger charge is 2.09. The third kappa shape index (κ3) is 1.71. The minimum atomic E-state index is -0.923. The van der Waals surface area contributed by atoms with Crippen molar-refractivity contribution in [1.82, 2.24) is 9.97 Å². The van der Waals surface area contributed by atoms with Crippen molar-refractivity contribution in [2.75, 3.05) is 5.73 Å². The van der Waals surface area contributed by atoms with E-state index < -0.39 is 11.6 Å². The number of rotatable bonds is 1. The molecule has 1 aromatic heterocycles. The smallest absolute Gasteiger partial charge is 0.159 e. The molecule has 2 rings (SSSR count). The first-order valence-electron chi connectivity index (χ1n) is 4.62. The molecular weight excluding hydrogens is 212 g/mol. The minimum Gasteiger partial charge on any atom is -0.395 e. The van der Waals surface area contributed by atoms with Crippen molar-refractivity contribution in [1.29, 1.82) is 0 Å². The Morgan fingerprint density at radius 2 is 1.88 bits per heavy atom. The molecule has 2 aromatic rings. The van der Waals surface area contributed by atoms with Crippen LogP contribution in [0.15, 0.2) is 24.5 Å². The van der Waals surface area contributed by atoms with Gasteiger partial charge in [-0.25, -0.2) is 18.7 Å². The van der Waals surface area contributed by atoms with Crippen LogP contribution in [0.3, 0.4) is 0 Å². The van der Waals surface area contributed by atoms with Gasteiger partial charge in [0.1, 0.15) is 6.33 Å². The Morgan fingerprint density at radius 1 is 1.12 bits per heavy atom. The molecule has 0 aliphatic carbocycles. The van der Waals surface area contributed by atoms with Crippen LogP contribution in [0.25, 0.3) is 11.3 Å². The molecule has 0 aliphatic heterocycles. The molecule has 16 heavy (non-hydrogen) atoms. The summed E-state index contributed by atoms with van der Waals surface area (Å²) in [4.78, 5) is 7.86. The summed E-state index contributed by atoms with van der Waals surface area (Å²) in [6.07, 6.45) is 1.34. The maximum atomic E-state index is 13.0. The van der Waals surface area contributed by atoms with E-state index in [2.05, 4.69) is 9.97 Å².